The maximum absolute atomic E-state index is 12.3. The Morgan fingerprint density at radius 2 is 2.16 bits per heavy atom. The van der Waals surface area contributed by atoms with Gasteiger partial charge in [0.25, 0.3) is 0 Å². The highest BCUT2D eigenvalue weighted by molar-refractivity contribution is 9.11. The topological polar surface area (TPSA) is 55.4 Å². The molecule has 1 atom stereocenters. The summed E-state index contributed by atoms with van der Waals surface area (Å²) in [6.07, 6.45) is 1.84. The summed E-state index contributed by atoms with van der Waals surface area (Å²) in [5.41, 5.74) is -0.397. The maximum atomic E-state index is 12.3. The summed E-state index contributed by atoms with van der Waals surface area (Å²) in [7, 11) is -3.55. The second-order valence-electron chi connectivity index (χ2n) is 4.80. The molecular formula is C12H15Br2NO3S. The molecule has 1 aliphatic rings. The molecule has 1 unspecified atom stereocenters. The molecular weight excluding hydrogens is 398 g/mol. The van der Waals surface area contributed by atoms with Crippen molar-refractivity contribution in [1.29, 1.82) is 0 Å². The van der Waals surface area contributed by atoms with E-state index in [1.54, 1.807) is 18.2 Å². The number of rotatable bonds is 4. The smallest absolute Gasteiger partial charge is 0.241 e. The van der Waals surface area contributed by atoms with Crippen LogP contribution in [0.5, 0.6) is 0 Å². The highest BCUT2D eigenvalue weighted by atomic mass is 79.9. The van der Waals surface area contributed by atoms with Crippen LogP contribution in [0.3, 0.4) is 0 Å². The molecule has 1 aliphatic heterocycles. The molecule has 0 saturated carbocycles. The third-order valence-corrected chi connectivity index (χ3v) is 6.01. The van der Waals surface area contributed by atoms with Gasteiger partial charge >= 0.3 is 0 Å². The molecule has 4 nitrogen and oxygen atoms in total. The van der Waals surface area contributed by atoms with Crippen LogP contribution in [-0.2, 0) is 14.8 Å². The van der Waals surface area contributed by atoms with Crippen molar-refractivity contribution in [2.24, 2.45) is 0 Å². The van der Waals surface area contributed by atoms with E-state index >= 15 is 0 Å². The largest absolute Gasteiger partial charge is 0.374 e. The Bertz CT molecular complexity index is 568. The van der Waals surface area contributed by atoms with Gasteiger partial charge in [0.15, 0.2) is 0 Å². The molecule has 1 saturated heterocycles. The zero-order valence-electron chi connectivity index (χ0n) is 10.4. The second kappa shape index (κ2) is 5.81. The first-order valence-corrected chi connectivity index (χ1v) is 8.98. The van der Waals surface area contributed by atoms with Crippen molar-refractivity contribution in [2.45, 2.75) is 30.3 Å². The lowest BCUT2D eigenvalue weighted by molar-refractivity contribution is 0.0250. The van der Waals surface area contributed by atoms with Gasteiger partial charge in [0, 0.05) is 22.1 Å². The van der Waals surface area contributed by atoms with Gasteiger partial charge in [-0.15, -0.1) is 0 Å². The van der Waals surface area contributed by atoms with Crippen LogP contribution in [-0.4, -0.2) is 27.2 Å². The fraction of sp³-hybridized carbons (Fsp3) is 0.500. The summed E-state index contributed by atoms with van der Waals surface area (Å²) in [6, 6.07) is 5.06. The van der Waals surface area contributed by atoms with Crippen LogP contribution < -0.4 is 4.72 Å². The van der Waals surface area contributed by atoms with Crippen LogP contribution >= 0.6 is 31.9 Å². The molecule has 1 N–H and O–H groups in total. The second-order valence-corrected chi connectivity index (χ2v) is 8.31. The number of sulfonamides is 1. The van der Waals surface area contributed by atoms with Crippen LogP contribution in [0.15, 0.2) is 32.0 Å². The minimum atomic E-state index is -3.55. The molecule has 1 aromatic carbocycles. The lowest BCUT2D eigenvalue weighted by atomic mass is 10.0. The van der Waals surface area contributed by atoms with Gasteiger partial charge in [-0.05, 0) is 53.9 Å². The summed E-state index contributed by atoms with van der Waals surface area (Å²) >= 11 is 6.54. The number of hydrogen-bond donors (Lipinski definition) is 1. The average Bonchev–Trinajstić information content (AvgIpc) is 2.78. The van der Waals surface area contributed by atoms with E-state index in [-0.39, 0.29) is 11.4 Å². The van der Waals surface area contributed by atoms with Crippen molar-refractivity contribution in [3.8, 4) is 0 Å². The maximum Gasteiger partial charge on any atom is 0.241 e. The van der Waals surface area contributed by atoms with Gasteiger partial charge < -0.3 is 4.74 Å². The highest BCUT2D eigenvalue weighted by Gasteiger charge is 2.31. The van der Waals surface area contributed by atoms with Crippen molar-refractivity contribution >= 4 is 41.9 Å². The van der Waals surface area contributed by atoms with Crippen LogP contribution in [0.25, 0.3) is 0 Å². The molecule has 106 valence electrons. The first-order valence-electron chi connectivity index (χ1n) is 5.91. The van der Waals surface area contributed by atoms with E-state index in [0.717, 1.165) is 17.3 Å². The van der Waals surface area contributed by atoms with E-state index in [2.05, 4.69) is 36.6 Å². The average molecular weight is 413 g/mol. The SMILES string of the molecule is CC1(CNS(=O)(=O)c2cc(Br)ccc2Br)CCCO1. The third kappa shape index (κ3) is 3.78. The molecule has 1 aromatic rings. The summed E-state index contributed by atoms with van der Waals surface area (Å²) in [5, 5.41) is 0. The number of halogens is 2. The standard InChI is InChI=1S/C12H15Br2NO3S/c1-12(5-2-6-18-12)8-15-19(16,17)11-7-9(13)3-4-10(11)14/h3-4,7,15H,2,5-6,8H2,1H3. The minimum Gasteiger partial charge on any atom is -0.374 e. The zero-order chi connectivity index (χ0) is 14.1. The Kier molecular flexibility index (Phi) is 4.72. The van der Waals surface area contributed by atoms with Crippen molar-refractivity contribution in [3.63, 3.8) is 0 Å². The van der Waals surface area contributed by atoms with Gasteiger partial charge in [0.1, 0.15) is 0 Å². The number of nitrogens with one attached hydrogen (secondary N) is 1. The summed E-state index contributed by atoms with van der Waals surface area (Å²) in [5.74, 6) is 0. The van der Waals surface area contributed by atoms with Gasteiger partial charge in [-0.3, -0.25) is 0 Å². The van der Waals surface area contributed by atoms with E-state index in [1.165, 1.54) is 0 Å². The van der Waals surface area contributed by atoms with E-state index in [4.69, 9.17) is 4.74 Å². The molecule has 7 heteroatoms. The fourth-order valence-corrected chi connectivity index (χ4v) is 4.64. The van der Waals surface area contributed by atoms with Gasteiger partial charge in [-0.1, -0.05) is 15.9 Å². The summed E-state index contributed by atoms with van der Waals surface area (Å²) in [6.45, 7) is 2.91. The Balaban J connectivity index is 2.16. The van der Waals surface area contributed by atoms with E-state index in [9.17, 15) is 8.42 Å². The first-order chi connectivity index (χ1) is 8.82. The van der Waals surface area contributed by atoms with Crippen LogP contribution in [0.1, 0.15) is 19.8 Å². The lowest BCUT2D eigenvalue weighted by Gasteiger charge is -2.23. The Labute approximate surface area is 130 Å². The van der Waals surface area contributed by atoms with E-state index in [1.807, 2.05) is 6.92 Å². The Morgan fingerprint density at radius 1 is 1.42 bits per heavy atom. The minimum absolute atomic E-state index is 0.225. The van der Waals surface area contributed by atoms with Crippen molar-refractivity contribution in [2.75, 3.05) is 13.2 Å². The number of hydrogen-bond acceptors (Lipinski definition) is 3. The molecule has 0 aliphatic carbocycles. The molecule has 1 fully saturated rings. The van der Waals surface area contributed by atoms with E-state index < -0.39 is 15.6 Å². The Morgan fingerprint density at radius 3 is 2.79 bits per heavy atom. The molecule has 19 heavy (non-hydrogen) atoms. The van der Waals surface area contributed by atoms with Crippen LogP contribution in [0.4, 0.5) is 0 Å². The predicted octanol–water partition coefficient (Wildman–Crippen LogP) is 3.06. The normalized spacial score (nSPS) is 23.7. The van der Waals surface area contributed by atoms with Crippen molar-refractivity contribution < 1.29 is 13.2 Å². The number of ether oxygens (including phenoxy) is 1. The predicted molar refractivity (Wildman–Crippen MR) is 80.6 cm³/mol. The Hall–Kier alpha value is 0.0500. The molecule has 1 heterocycles. The fourth-order valence-electron chi connectivity index (χ4n) is 1.98. The monoisotopic (exact) mass is 411 g/mol. The lowest BCUT2D eigenvalue weighted by Crippen LogP contribution is -2.40. The van der Waals surface area contributed by atoms with Crippen molar-refractivity contribution in [3.05, 3.63) is 27.1 Å². The third-order valence-electron chi connectivity index (χ3n) is 3.12. The molecule has 0 radical (unpaired) electrons. The molecule has 0 spiro atoms. The highest BCUT2D eigenvalue weighted by Crippen LogP contribution is 2.27. The first kappa shape index (κ1) is 15.4. The van der Waals surface area contributed by atoms with Crippen molar-refractivity contribution in [1.82, 2.24) is 4.72 Å². The molecule has 0 bridgehead atoms. The number of benzene rings is 1. The van der Waals surface area contributed by atoms with Gasteiger partial charge in [-0.2, -0.15) is 0 Å². The van der Waals surface area contributed by atoms with Gasteiger partial charge in [-0.25, -0.2) is 13.1 Å². The van der Waals surface area contributed by atoms with Gasteiger partial charge in [0.05, 0.1) is 10.5 Å². The quantitative estimate of drug-likeness (QED) is 0.826. The van der Waals surface area contributed by atoms with Gasteiger partial charge in [0.2, 0.25) is 10.0 Å². The van der Waals surface area contributed by atoms with Crippen LogP contribution in [0.2, 0.25) is 0 Å². The zero-order valence-corrected chi connectivity index (χ0v) is 14.4. The molecule has 2 rings (SSSR count). The van der Waals surface area contributed by atoms with E-state index in [0.29, 0.717) is 11.1 Å². The summed E-state index contributed by atoms with van der Waals surface area (Å²) in [4.78, 5) is 0.225. The van der Waals surface area contributed by atoms with Crippen LogP contribution in [0, 0.1) is 0 Å². The molecule has 0 aromatic heterocycles. The molecule has 0 amide bonds. The summed E-state index contributed by atoms with van der Waals surface area (Å²) < 4.78 is 34.0.